The van der Waals surface area contributed by atoms with Crippen molar-refractivity contribution in [3.05, 3.63) is 20.9 Å². The fraction of sp³-hybridized carbons (Fsp3) is 0.500. The van der Waals surface area contributed by atoms with Crippen molar-refractivity contribution in [1.29, 1.82) is 0 Å². The van der Waals surface area contributed by atoms with Gasteiger partial charge in [0.15, 0.2) is 0 Å². The summed E-state index contributed by atoms with van der Waals surface area (Å²) in [6.07, 6.45) is 0. The van der Waals surface area contributed by atoms with Gasteiger partial charge < -0.3 is 5.73 Å². The molecule has 3 heteroatoms. The van der Waals surface area contributed by atoms with E-state index in [1.54, 1.807) is 0 Å². The Labute approximate surface area is 169 Å². The topological polar surface area (TPSA) is 26.0 Å². The fourth-order valence-corrected chi connectivity index (χ4v) is 1.73. The highest BCUT2D eigenvalue weighted by Crippen LogP contribution is 2.14. The second-order valence-electron chi connectivity index (χ2n) is 5.70. The van der Waals surface area contributed by atoms with E-state index >= 15 is 0 Å². The molecule has 0 aliphatic heterocycles. The summed E-state index contributed by atoms with van der Waals surface area (Å²) < 4.78 is 2.22. The van der Waals surface area contributed by atoms with Crippen LogP contribution in [-0.2, 0) is 0 Å². The lowest BCUT2D eigenvalue weighted by Gasteiger charge is -2.09. The highest BCUT2D eigenvalue weighted by molar-refractivity contribution is 14.1. The summed E-state index contributed by atoms with van der Waals surface area (Å²) in [6, 6.07) is 0. The van der Waals surface area contributed by atoms with E-state index in [1.807, 2.05) is 24.9 Å². The Hall–Kier alpha value is -0.580. The number of hydrogen-bond donors (Lipinski definition) is 1. The Bertz CT molecular complexity index is 634. The highest BCUT2D eigenvalue weighted by atomic mass is 127. The van der Waals surface area contributed by atoms with Crippen LogP contribution < -0.4 is 5.73 Å². The van der Waals surface area contributed by atoms with Gasteiger partial charge in [0.25, 0.3) is 0 Å². The second kappa shape index (κ2) is 11.9. The lowest BCUT2D eigenvalue weighted by atomic mass is 9.95. The molecule has 0 saturated heterocycles. The lowest BCUT2D eigenvalue weighted by Crippen LogP contribution is -2.08. The molecule has 0 fully saturated rings. The van der Waals surface area contributed by atoms with Crippen LogP contribution in [0.2, 0.25) is 0 Å². The lowest BCUT2D eigenvalue weighted by molar-refractivity contribution is 0.593. The van der Waals surface area contributed by atoms with E-state index < -0.39 is 0 Å². The van der Waals surface area contributed by atoms with E-state index in [1.165, 1.54) is 0 Å². The molecular weight excluding hydrogens is 508 g/mol. The molecule has 0 bridgehead atoms. The van der Waals surface area contributed by atoms with Crippen molar-refractivity contribution < 1.29 is 0 Å². The Balaban J connectivity index is 4.84. The summed E-state index contributed by atoms with van der Waals surface area (Å²) in [5, 5.41) is 0. The predicted molar refractivity (Wildman–Crippen MR) is 119 cm³/mol. The monoisotopic (exact) mass is 533 g/mol. The summed E-state index contributed by atoms with van der Waals surface area (Å²) in [5.74, 6) is 20.1. The molecule has 23 heavy (non-hydrogen) atoms. The number of nitrogens with two attached hydrogens (primary N) is 1. The Kier molecular flexibility index (Phi) is 11.6. The third kappa shape index (κ3) is 10.0. The third-order valence-corrected chi connectivity index (χ3v) is 5.70. The molecule has 0 heterocycles. The van der Waals surface area contributed by atoms with Crippen LogP contribution >= 0.6 is 45.2 Å². The Morgan fingerprint density at radius 1 is 0.870 bits per heavy atom. The third-order valence-electron chi connectivity index (χ3n) is 3.38. The van der Waals surface area contributed by atoms with Crippen molar-refractivity contribution in [3.8, 4) is 35.5 Å². The minimum absolute atomic E-state index is 0.215. The van der Waals surface area contributed by atoms with Crippen molar-refractivity contribution in [2.45, 2.75) is 45.5 Å². The summed E-state index contributed by atoms with van der Waals surface area (Å²) in [5.41, 5.74) is 8.52. The molecular formula is C20H25I2N. The van der Waals surface area contributed by atoms with Gasteiger partial charge in [-0.25, -0.2) is 0 Å². The van der Waals surface area contributed by atoms with E-state index in [9.17, 15) is 0 Å². The Morgan fingerprint density at radius 2 is 1.39 bits per heavy atom. The first-order valence-electron chi connectivity index (χ1n) is 7.57. The van der Waals surface area contributed by atoms with E-state index in [2.05, 4.69) is 101 Å². The average Bonchev–Trinajstić information content (AvgIpc) is 2.53. The number of rotatable bonds is 2. The van der Waals surface area contributed by atoms with Crippen LogP contribution in [0, 0.1) is 53.3 Å². The quantitative estimate of drug-likeness (QED) is 0.291. The van der Waals surface area contributed by atoms with Crippen LogP contribution in [-0.4, -0.2) is 3.92 Å². The minimum Gasteiger partial charge on any atom is -0.402 e. The predicted octanol–water partition coefficient (Wildman–Crippen LogP) is 5.30. The molecule has 124 valence electrons. The molecule has 2 N–H and O–H groups in total. The van der Waals surface area contributed by atoms with Crippen LogP contribution in [0.1, 0.15) is 41.5 Å². The van der Waals surface area contributed by atoms with Gasteiger partial charge in [0.1, 0.15) is 0 Å². The van der Waals surface area contributed by atoms with Crippen molar-refractivity contribution in [3.63, 3.8) is 0 Å². The summed E-state index contributed by atoms with van der Waals surface area (Å²) in [6.45, 7) is 12.2. The molecule has 0 aromatic rings. The molecule has 0 aromatic carbocycles. The summed E-state index contributed by atoms with van der Waals surface area (Å²) in [4.78, 5) is 0. The first kappa shape index (κ1) is 22.4. The molecule has 0 spiro atoms. The van der Waals surface area contributed by atoms with E-state index in [4.69, 9.17) is 5.73 Å². The fourth-order valence-electron chi connectivity index (χ4n) is 1.24. The van der Waals surface area contributed by atoms with Crippen molar-refractivity contribution >= 4 is 45.2 Å². The Morgan fingerprint density at radius 3 is 1.91 bits per heavy atom. The van der Waals surface area contributed by atoms with Crippen LogP contribution in [0.4, 0.5) is 0 Å². The first-order valence-corrected chi connectivity index (χ1v) is 10.1. The second-order valence-corrected chi connectivity index (χ2v) is 7.66. The van der Waals surface area contributed by atoms with Gasteiger partial charge in [0.2, 0.25) is 0 Å². The molecule has 1 nitrogen and oxygen atoms in total. The van der Waals surface area contributed by atoms with E-state index in [-0.39, 0.29) is 21.7 Å². The van der Waals surface area contributed by atoms with E-state index in [0.717, 1.165) is 16.8 Å². The van der Waals surface area contributed by atoms with Crippen molar-refractivity contribution in [2.24, 2.45) is 23.5 Å². The zero-order valence-corrected chi connectivity index (χ0v) is 19.0. The summed E-state index contributed by atoms with van der Waals surface area (Å²) in [7, 11) is 0. The minimum atomic E-state index is 0.215. The molecule has 0 rings (SSSR count). The number of hydrogen-bond acceptors (Lipinski definition) is 1. The molecule has 0 aliphatic carbocycles. The number of halogens is 2. The van der Waals surface area contributed by atoms with Gasteiger partial charge in [-0.05, 0) is 31.8 Å². The van der Waals surface area contributed by atoms with Crippen LogP contribution in [0.15, 0.2) is 20.9 Å². The maximum absolute atomic E-state index is 5.72. The van der Waals surface area contributed by atoms with Crippen LogP contribution in [0.25, 0.3) is 0 Å². The van der Waals surface area contributed by atoms with E-state index in [0.29, 0.717) is 0 Å². The zero-order chi connectivity index (χ0) is 18.0. The van der Waals surface area contributed by atoms with Gasteiger partial charge in [-0.15, -0.1) is 0 Å². The summed E-state index contributed by atoms with van der Waals surface area (Å²) >= 11 is 4.57. The molecule has 0 saturated carbocycles. The van der Waals surface area contributed by atoms with Gasteiger partial charge in [-0.2, -0.15) is 0 Å². The molecule has 4 unspecified atom stereocenters. The maximum atomic E-state index is 5.72. The van der Waals surface area contributed by atoms with Crippen molar-refractivity contribution in [2.75, 3.05) is 0 Å². The molecule has 0 radical (unpaired) electrons. The average molecular weight is 533 g/mol. The maximum Gasteiger partial charge on any atom is 0.0856 e. The van der Waals surface area contributed by atoms with Crippen LogP contribution in [0.3, 0.4) is 0 Å². The largest absolute Gasteiger partial charge is 0.402 e. The molecule has 0 aromatic heterocycles. The highest BCUT2D eigenvalue weighted by Gasteiger charge is 2.10. The van der Waals surface area contributed by atoms with Gasteiger partial charge in [-0.3, -0.25) is 0 Å². The molecule has 4 atom stereocenters. The number of allylic oxidation sites excluding steroid dienone is 3. The van der Waals surface area contributed by atoms with Gasteiger partial charge in [0.05, 0.1) is 3.92 Å². The standard InChI is InChI=1S/C20H25I2N/c1-14(13-21)7-12-20(22)18(5)11-9-16(3)15(2)8-10-17(4)19(6)23/h13,15-16,18,20H,23H2,1-6H3/b14-13-,19-17+. The van der Waals surface area contributed by atoms with Gasteiger partial charge in [0, 0.05) is 34.6 Å². The van der Waals surface area contributed by atoms with Gasteiger partial charge >= 0.3 is 0 Å². The zero-order valence-electron chi connectivity index (χ0n) is 14.7. The van der Waals surface area contributed by atoms with Crippen molar-refractivity contribution in [1.82, 2.24) is 0 Å². The number of alkyl halides is 1. The molecule has 0 aliphatic rings. The first-order chi connectivity index (χ1) is 10.7. The van der Waals surface area contributed by atoms with Gasteiger partial charge in [-0.1, -0.05) is 94.6 Å². The smallest absolute Gasteiger partial charge is 0.0856 e. The van der Waals surface area contributed by atoms with Crippen LogP contribution in [0.5, 0.6) is 0 Å². The molecule has 0 amide bonds. The normalized spacial score (nSPS) is 17.0. The SMILES string of the molecule is C/C(C#CC(I)C(C)C#CC(C)C(C)C#C/C(C)=C(\C)N)=C/I.